The highest BCUT2D eigenvalue weighted by Gasteiger charge is 2.28. The Labute approximate surface area is 108 Å². The van der Waals surface area contributed by atoms with Crippen molar-refractivity contribution in [3.63, 3.8) is 0 Å². The fourth-order valence-corrected chi connectivity index (χ4v) is 3.04. The van der Waals surface area contributed by atoms with Crippen LogP contribution >= 0.6 is 0 Å². The molecule has 0 saturated carbocycles. The second-order valence-corrected chi connectivity index (χ2v) is 4.77. The first-order chi connectivity index (χ1) is 9.31. The van der Waals surface area contributed by atoms with Crippen LogP contribution in [0, 0.1) is 0 Å². The molecule has 0 radical (unpaired) electrons. The van der Waals surface area contributed by atoms with Gasteiger partial charge in [0.25, 0.3) is 0 Å². The van der Waals surface area contributed by atoms with Crippen LogP contribution in [0.4, 0.5) is 0 Å². The van der Waals surface area contributed by atoms with Gasteiger partial charge < -0.3 is 13.8 Å². The SMILES string of the molecule is COc1c2c(=O)onc-2c2cccc3c2n1CCC3. The first-order valence-electron chi connectivity index (χ1n) is 6.29. The van der Waals surface area contributed by atoms with E-state index in [1.165, 1.54) is 5.56 Å². The maximum atomic E-state index is 11.9. The average molecular weight is 256 g/mol. The average Bonchev–Trinajstić information content (AvgIpc) is 2.82. The van der Waals surface area contributed by atoms with E-state index in [9.17, 15) is 4.79 Å². The molecular formula is C14H12N2O3. The maximum Gasteiger partial charge on any atom is 0.373 e. The molecule has 3 aliphatic heterocycles. The predicted molar refractivity (Wildman–Crippen MR) is 69.8 cm³/mol. The van der Waals surface area contributed by atoms with Crippen molar-refractivity contribution in [3.05, 3.63) is 34.2 Å². The molecule has 1 aromatic rings. The van der Waals surface area contributed by atoms with Gasteiger partial charge in [-0.3, -0.25) is 0 Å². The summed E-state index contributed by atoms with van der Waals surface area (Å²) in [6.07, 6.45) is 2.08. The van der Waals surface area contributed by atoms with Crippen LogP contribution < -0.4 is 10.4 Å². The Bertz CT molecular complexity index is 816. The Morgan fingerprint density at radius 3 is 3.16 bits per heavy atom. The van der Waals surface area contributed by atoms with E-state index in [2.05, 4.69) is 15.8 Å². The lowest BCUT2D eigenvalue weighted by molar-refractivity contribution is 0.367. The Kier molecular flexibility index (Phi) is 2.01. The molecule has 19 heavy (non-hydrogen) atoms. The third-order valence-electron chi connectivity index (χ3n) is 3.79. The molecule has 3 heterocycles. The molecule has 0 aliphatic carbocycles. The van der Waals surface area contributed by atoms with Crippen LogP contribution in [0.3, 0.4) is 0 Å². The van der Waals surface area contributed by atoms with Crippen LogP contribution in [0.2, 0.25) is 0 Å². The minimum Gasteiger partial charge on any atom is -0.481 e. The Hall–Kier alpha value is -2.30. The summed E-state index contributed by atoms with van der Waals surface area (Å²) in [7, 11) is 1.58. The minimum absolute atomic E-state index is 0.437. The predicted octanol–water partition coefficient (Wildman–Crippen LogP) is 2.05. The largest absolute Gasteiger partial charge is 0.481 e. The van der Waals surface area contributed by atoms with Gasteiger partial charge in [-0.05, 0) is 18.4 Å². The lowest BCUT2D eigenvalue weighted by Crippen LogP contribution is -2.16. The number of aryl methyl sites for hydroxylation is 2. The number of methoxy groups -OCH3 is 1. The molecule has 96 valence electrons. The summed E-state index contributed by atoms with van der Waals surface area (Å²) in [4.78, 5) is 11.9. The number of pyridine rings is 1. The highest BCUT2D eigenvalue weighted by atomic mass is 16.5. The van der Waals surface area contributed by atoms with Crippen LogP contribution in [0.5, 0.6) is 5.88 Å². The van der Waals surface area contributed by atoms with Gasteiger partial charge in [-0.1, -0.05) is 23.4 Å². The van der Waals surface area contributed by atoms with E-state index in [0.717, 1.165) is 30.3 Å². The van der Waals surface area contributed by atoms with Gasteiger partial charge in [0.15, 0.2) is 5.56 Å². The molecule has 3 aliphatic rings. The van der Waals surface area contributed by atoms with Crippen molar-refractivity contribution in [2.24, 2.45) is 0 Å². The number of benzene rings is 1. The van der Waals surface area contributed by atoms with Crippen molar-refractivity contribution in [2.75, 3.05) is 7.11 Å². The molecule has 0 amide bonds. The molecule has 0 fully saturated rings. The maximum absolute atomic E-state index is 11.9. The molecule has 0 bridgehead atoms. The third-order valence-corrected chi connectivity index (χ3v) is 3.79. The van der Waals surface area contributed by atoms with Crippen molar-refractivity contribution in [3.8, 4) is 17.1 Å². The van der Waals surface area contributed by atoms with Crippen LogP contribution in [0.1, 0.15) is 12.0 Å². The third kappa shape index (κ3) is 1.24. The number of hydrogen-bond acceptors (Lipinski definition) is 4. The first-order valence-corrected chi connectivity index (χ1v) is 6.29. The van der Waals surface area contributed by atoms with E-state index in [4.69, 9.17) is 9.26 Å². The molecule has 4 rings (SSSR count). The van der Waals surface area contributed by atoms with E-state index in [-0.39, 0.29) is 0 Å². The van der Waals surface area contributed by atoms with Gasteiger partial charge in [0.05, 0.1) is 12.6 Å². The fourth-order valence-electron chi connectivity index (χ4n) is 3.04. The molecule has 0 unspecified atom stereocenters. The van der Waals surface area contributed by atoms with Gasteiger partial charge in [0.1, 0.15) is 5.69 Å². The second-order valence-electron chi connectivity index (χ2n) is 4.77. The number of aromatic nitrogens is 2. The normalized spacial score (nSPS) is 14.2. The summed E-state index contributed by atoms with van der Waals surface area (Å²) >= 11 is 0. The molecule has 0 spiro atoms. The number of rotatable bonds is 1. The zero-order valence-corrected chi connectivity index (χ0v) is 10.5. The van der Waals surface area contributed by atoms with Gasteiger partial charge in [-0.25, -0.2) is 4.79 Å². The molecular weight excluding hydrogens is 244 g/mol. The van der Waals surface area contributed by atoms with Crippen molar-refractivity contribution in [1.29, 1.82) is 0 Å². The van der Waals surface area contributed by atoms with Gasteiger partial charge in [-0.15, -0.1) is 0 Å². The van der Waals surface area contributed by atoms with Gasteiger partial charge in [0, 0.05) is 11.9 Å². The highest BCUT2D eigenvalue weighted by Crippen LogP contribution is 2.39. The van der Waals surface area contributed by atoms with E-state index in [1.54, 1.807) is 7.11 Å². The van der Waals surface area contributed by atoms with Gasteiger partial charge in [0.2, 0.25) is 5.88 Å². The monoisotopic (exact) mass is 256 g/mol. The fraction of sp³-hybridized carbons (Fsp3) is 0.286. The molecule has 5 nitrogen and oxygen atoms in total. The number of fused-ring (bicyclic) bond motifs is 2. The topological polar surface area (TPSA) is 57.3 Å². The summed E-state index contributed by atoms with van der Waals surface area (Å²) in [5, 5.41) is 4.87. The first kappa shape index (κ1) is 10.6. The minimum atomic E-state index is -0.437. The Balaban J connectivity index is 2.32. The van der Waals surface area contributed by atoms with Crippen LogP contribution in [0.25, 0.3) is 22.2 Å². The molecule has 0 N–H and O–H groups in total. The molecule has 0 aromatic heterocycles. The lowest BCUT2D eigenvalue weighted by Gasteiger charge is -2.24. The summed E-state index contributed by atoms with van der Waals surface area (Å²) in [6.45, 7) is 0.844. The zero-order valence-electron chi connectivity index (χ0n) is 10.5. The molecule has 1 aromatic carbocycles. The van der Waals surface area contributed by atoms with Crippen LogP contribution in [0.15, 0.2) is 27.5 Å². The van der Waals surface area contributed by atoms with Crippen molar-refractivity contribution in [1.82, 2.24) is 9.72 Å². The van der Waals surface area contributed by atoms with Crippen LogP contribution in [-0.4, -0.2) is 16.8 Å². The molecule has 5 heteroatoms. The smallest absolute Gasteiger partial charge is 0.373 e. The number of ether oxygens (including phenoxy) is 1. The van der Waals surface area contributed by atoms with E-state index in [0.29, 0.717) is 17.1 Å². The van der Waals surface area contributed by atoms with Gasteiger partial charge in [-0.2, -0.15) is 0 Å². The number of nitrogens with zero attached hydrogens (tertiary/aromatic N) is 2. The van der Waals surface area contributed by atoms with Crippen molar-refractivity contribution < 1.29 is 9.26 Å². The highest BCUT2D eigenvalue weighted by molar-refractivity contribution is 5.97. The standard InChI is InChI=1S/C14H12N2O3/c1-18-13-10-11(15-19-14(10)17)9-6-2-4-8-5-3-7-16(13)12(8)9/h2,4,6H,3,5,7H2,1H3. The Morgan fingerprint density at radius 1 is 1.42 bits per heavy atom. The summed E-state index contributed by atoms with van der Waals surface area (Å²) in [5.41, 5.74) is 2.96. The van der Waals surface area contributed by atoms with Crippen molar-refractivity contribution in [2.45, 2.75) is 19.4 Å². The zero-order chi connectivity index (χ0) is 13.0. The van der Waals surface area contributed by atoms with Crippen molar-refractivity contribution >= 4 is 10.9 Å². The van der Waals surface area contributed by atoms with Gasteiger partial charge >= 0.3 is 5.63 Å². The molecule has 0 atom stereocenters. The van der Waals surface area contributed by atoms with E-state index in [1.807, 2.05) is 12.1 Å². The lowest BCUT2D eigenvalue weighted by atomic mass is 9.98. The van der Waals surface area contributed by atoms with Crippen LogP contribution in [-0.2, 0) is 13.0 Å². The summed E-state index contributed by atoms with van der Waals surface area (Å²) in [5.74, 6) is 0.556. The Morgan fingerprint density at radius 2 is 2.32 bits per heavy atom. The second kappa shape index (κ2) is 3.60. The quantitative estimate of drug-likeness (QED) is 0.668. The summed E-state index contributed by atoms with van der Waals surface area (Å²) < 4.78 is 12.3. The van der Waals surface area contributed by atoms with E-state index < -0.39 is 5.63 Å². The number of para-hydroxylation sites is 1. The summed E-state index contributed by atoms with van der Waals surface area (Å²) in [6, 6.07) is 6.09. The van der Waals surface area contributed by atoms with E-state index >= 15 is 0 Å². The number of hydrogen-bond donors (Lipinski definition) is 0. The molecule has 0 saturated heterocycles.